The number of nitrogens with zero attached hydrogens (tertiary/aromatic N) is 1. The number of piperidine rings is 1. The van der Waals surface area contributed by atoms with Gasteiger partial charge in [-0.25, -0.2) is 0 Å². The molecule has 2 amide bonds. The first-order chi connectivity index (χ1) is 10.9. The fraction of sp³-hybridized carbons (Fsp3) is 0.389. The van der Waals surface area contributed by atoms with Gasteiger partial charge in [-0.3, -0.25) is 24.3 Å². The Bertz CT molecular complexity index is 864. The van der Waals surface area contributed by atoms with Crippen LogP contribution >= 0.6 is 0 Å². The van der Waals surface area contributed by atoms with Gasteiger partial charge in [0.25, 0.3) is 5.56 Å². The van der Waals surface area contributed by atoms with Gasteiger partial charge in [0, 0.05) is 12.1 Å². The monoisotopic (exact) mass is 312 g/mol. The predicted molar refractivity (Wildman–Crippen MR) is 88.5 cm³/mol. The largest absolute Gasteiger partial charge is 0.300 e. The minimum atomic E-state index is -0.621. The summed E-state index contributed by atoms with van der Waals surface area (Å²) in [7, 11) is 0. The molecular weight excluding hydrogens is 292 g/mol. The van der Waals surface area contributed by atoms with Crippen molar-refractivity contribution in [2.75, 3.05) is 0 Å². The second kappa shape index (κ2) is 5.65. The lowest BCUT2D eigenvalue weighted by atomic mass is 9.96. The van der Waals surface area contributed by atoms with E-state index in [-0.39, 0.29) is 23.8 Å². The van der Waals surface area contributed by atoms with E-state index in [1.54, 1.807) is 0 Å². The molecular formula is C18H20N2O3. The summed E-state index contributed by atoms with van der Waals surface area (Å²) in [6.07, 6.45) is 0.618. The Morgan fingerprint density at radius 1 is 1.22 bits per heavy atom. The number of benzene rings is 1. The number of fused-ring (bicyclic) bond motifs is 1. The average molecular weight is 312 g/mol. The van der Waals surface area contributed by atoms with E-state index in [0.717, 1.165) is 16.6 Å². The van der Waals surface area contributed by atoms with Crippen LogP contribution in [0.3, 0.4) is 0 Å². The predicted octanol–water partition coefficient (Wildman–Crippen LogP) is 2.41. The van der Waals surface area contributed by atoms with Crippen LogP contribution in [0, 0.1) is 6.92 Å². The minimum absolute atomic E-state index is 0.154. The van der Waals surface area contributed by atoms with Gasteiger partial charge in [0.05, 0.1) is 5.39 Å². The summed E-state index contributed by atoms with van der Waals surface area (Å²) in [6.45, 7) is 5.92. The standard InChI is InChI=1S/C18H20N2O3/c1-10(2)13-6-4-5-12-9-11(3)20(18(23)16(12)13)14-7-8-15(21)19-17(14)22/h4-6,9-10,14H,7-8H2,1-3H3,(H,19,21,22). The van der Waals surface area contributed by atoms with Crippen molar-refractivity contribution in [3.8, 4) is 0 Å². The molecule has 1 atom stereocenters. The number of rotatable bonds is 2. The van der Waals surface area contributed by atoms with E-state index in [9.17, 15) is 14.4 Å². The molecule has 120 valence electrons. The van der Waals surface area contributed by atoms with Gasteiger partial charge in [0.2, 0.25) is 11.8 Å². The quantitative estimate of drug-likeness (QED) is 0.866. The maximum Gasteiger partial charge on any atom is 0.259 e. The van der Waals surface area contributed by atoms with Gasteiger partial charge in [-0.15, -0.1) is 0 Å². The van der Waals surface area contributed by atoms with Gasteiger partial charge in [0.1, 0.15) is 6.04 Å². The van der Waals surface area contributed by atoms with Crippen LogP contribution in [0.2, 0.25) is 0 Å². The van der Waals surface area contributed by atoms with Gasteiger partial charge in [-0.1, -0.05) is 32.0 Å². The lowest BCUT2D eigenvalue weighted by Crippen LogP contribution is -2.45. The van der Waals surface area contributed by atoms with E-state index in [4.69, 9.17) is 0 Å². The highest BCUT2D eigenvalue weighted by Gasteiger charge is 2.30. The summed E-state index contributed by atoms with van der Waals surface area (Å²) in [5.41, 5.74) is 1.56. The fourth-order valence-electron chi connectivity index (χ4n) is 3.33. The average Bonchev–Trinajstić information content (AvgIpc) is 2.48. The van der Waals surface area contributed by atoms with Crippen molar-refractivity contribution in [3.05, 3.63) is 45.9 Å². The second-order valence-corrected chi connectivity index (χ2v) is 6.39. The molecule has 23 heavy (non-hydrogen) atoms. The van der Waals surface area contributed by atoms with Gasteiger partial charge < -0.3 is 0 Å². The molecule has 0 saturated carbocycles. The van der Waals surface area contributed by atoms with Crippen LogP contribution in [-0.4, -0.2) is 16.4 Å². The molecule has 5 nitrogen and oxygen atoms in total. The zero-order valence-corrected chi connectivity index (χ0v) is 13.6. The zero-order chi connectivity index (χ0) is 16.7. The van der Waals surface area contributed by atoms with Gasteiger partial charge in [-0.05, 0) is 36.3 Å². The molecule has 3 rings (SSSR count). The Balaban J connectivity index is 2.26. The molecule has 0 radical (unpaired) electrons. The molecule has 1 saturated heterocycles. The van der Waals surface area contributed by atoms with Crippen LogP contribution < -0.4 is 10.9 Å². The number of carbonyl (C=O) groups is 2. The number of aryl methyl sites for hydroxylation is 1. The number of hydrogen-bond donors (Lipinski definition) is 1. The number of imide groups is 1. The Morgan fingerprint density at radius 3 is 2.61 bits per heavy atom. The molecule has 1 aromatic carbocycles. The topological polar surface area (TPSA) is 68.2 Å². The van der Waals surface area contributed by atoms with Crippen molar-refractivity contribution in [2.24, 2.45) is 0 Å². The van der Waals surface area contributed by atoms with Gasteiger partial charge in [-0.2, -0.15) is 0 Å². The molecule has 2 heterocycles. The van der Waals surface area contributed by atoms with Crippen LogP contribution in [0.5, 0.6) is 0 Å². The van der Waals surface area contributed by atoms with Crippen molar-refractivity contribution in [1.82, 2.24) is 9.88 Å². The van der Waals surface area contributed by atoms with Crippen LogP contribution in [0.4, 0.5) is 0 Å². The number of nitrogens with one attached hydrogen (secondary N) is 1. The van der Waals surface area contributed by atoms with E-state index in [1.807, 2.05) is 45.0 Å². The van der Waals surface area contributed by atoms with Gasteiger partial charge in [0.15, 0.2) is 0 Å². The second-order valence-electron chi connectivity index (χ2n) is 6.39. The lowest BCUT2D eigenvalue weighted by Gasteiger charge is -2.25. The highest BCUT2D eigenvalue weighted by molar-refractivity contribution is 5.99. The normalized spacial score (nSPS) is 18.5. The number of hydrogen-bond acceptors (Lipinski definition) is 3. The van der Waals surface area contributed by atoms with E-state index in [1.165, 1.54) is 4.57 Å². The molecule has 2 aromatic rings. The molecule has 1 fully saturated rings. The molecule has 1 N–H and O–H groups in total. The molecule has 0 aliphatic carbocycles. The molecule has 1 aliphatic heterocycles. The Kier molecular flexibility index (Phi) is 3.80. The summed E-state index contributed by atoms with van der Waals surface area (Å²) in [6, 6.07) is 7.15. The number of aromatic nitrogens is 1. The number of carbonyl (C=O) groups excluding carboxylic acids is 2. The van der Waals surface area contributed by atoms with E-state index in [0.29, 0.717) is 11.8 Å². The Hall–Kier alpha value is -2.43. The third kappa shape index (κ3) is 2.56. The minimum Gasteiger partial charge on any atom is -0.300 e. The summed E-state index contributed by atoms with van der Waals surface area (Å²) in [5, 5.41) is 3.89. The van der Waals surface area contributed by atoms with Crippen LogP contribution in [0.15, 0.2) is 29.1 Å². The maximum atomic E-state index is 13.1. The third-order valence-corrected chi connectivity index (χ3v) is 4.45. The third-order valence-electron chi connectivity index (χ3n) is 4.45. The highest BCUT2D eigenvalue weighted by Crippen LogP contribution is 2.26. The van der Waals surface area contributed by atoms with E-state index < -0.39 is 11.9 Å². The highest BCUT2D eigenvalue weighted by atomic mass is 16.2. The van der Waals surface area contributed by atoms with Crippen molar-refractivity contribution >= 4 is 22.6 Å². The summed E-state index contributed by atoms with van der Waals surface area (Å²) in [5.74, 6) is -0.460. The first-order valence-corrected chi connectivity index (χ1v) is 7.88. The first-order valence-electron chi connectivity index (χ1n) is 7.88. The summed E-state index contributed by atoms with van der Waals surface area (Å²) < 4.78 is 1.54. The van der Waals surface area contributed by atoms with Crippen LogP contribution in [0.1, 0.15) is 49.9 Å². The molecule has 0 spiro atoms. The smallest absolute Gasteiger partial charge is 0.259 e. The summed E-state index contributed by atoms with van der Waals surface area (Å²) >= 11 is 0. The Labute approximate surface area is 134 Å². The zero-order valence-electron chi connectivity index (χ0n) is 13.6. The van der Waals surface area contributed by atoms with Gasteiger partial charge >= 0.3 is 0 Å². The molecule has 1 aromatic heterocycles. The van der Waals surface area contributed by atoms with E-state index >= 15 is 0 Å². The molecule has 5 heteroatoms. The first kappa shape index (κ1) is 15.5. The van der Waals surface area contributed by atoms with Crippen molar-refractivity contribution in [3.63, 3.8) is 0 Å². The molecule has 1 unspecified atom stereocenters. The maximum absolute atomic E-state index is 13.1. The fourth-order valence-corrected chi connectivity index (χ4v) is 3.33. The van der Waals surface area contributed by atoms with Crippen molar-refractivity contribution < 1.29 is 9.59 Å². The van der Waals surface area contributed by atoms with Crippen molar-refractivity contribution in [1.29, 1.82) is 0 Å². The SMILES string of the molecule is Cc1cc2cccc(C(C)C)c2c(=O)n1C1CCC(=O)NC1=O. The summed E-state index contributed by atoms with van der Waals surface area (Å²) in [4.78, 5) is 36.6. The Morgan fingerprint density at radius 2 is 1.96 bits per heavy atom. The van der Waals surface area contributed by atoms with Crippen LogP contribution in [-0.2, 0) is 9.59 Å². The lowest BCUT2D eigenvalue weighted by molar-refractivity contribution is -0.135. The molecule has 1 aliphatic rings. The van der Waals surface area contributed by atoms with E-state index in [2.05, 4.69) is 5.32 Å². The number of amides is 2. The molecule has 0 bridgehead atoms. The van der Waals surface area contributed by atoms with Crippen molar-refractivity contribution in [2.45, 2.75) is 45.6 Å². The number of pyridine rings is 1. The van der Waals surface area contributed by atoms with Crippen LogP contribution in [0.25, 0.3) is 10.8 Å².